The van der Waals surface area contributed by atoms with Crippen LogP contribution in [0.2, 0.25) is 0 Å². The smallest absolute Gasteiger partial charge is 0.309 e. The molecular formula is C36H52ClN3O5. The Bertz CT molecular complexity index is 1280. The monoisotopic (exact) mass is 641 g/mol. The summed E-state index contributed by atoms with van der Waals surface area (Å²) < 4.78 is 5.96. The van der Waals surface area contributed by atoms with Gasteiger partial charge in [-0.15, -0.1) is 12.4 Å². The average molecular weight is 642 g/mol. The van der Waals surface area contributed by atoms with Crippen LogP contribution in [-0.2, 0) is 19.1 Å². The van der Waals surface area contributed by atoms with Crippen molar-refractivity contribution >= 4 is 35.8 Å². The molecule has 1 unspecified atom stereocenters. The third-order valence-electron chi connectivity index (χ3n) is 12.5. The Balaban J connectivity index is 0.00000400. The maximum absolute atomic E-state index is 14.2. The summed E-state index contributed by atoms with van der Waals surface area (Å²) in [6, 6.07) is 5.92. The standard InChI is InChI=1S/C36H51N3O5.ClH/c1-4-5-8-21-44-33(42)28-23-35(3)29(27-11-10-25-22-26(40)12-14-34(25,2)32(27)28)13-15-36(35,43)30(41)24-38-17-19-39(20-18-38)31-9-6-7-16-37-31;/h6-7,9,16,22,27-29,32,43H,4-5,8,10-15,17-21,23-24H2,1-3H3;1H/t27-,28?,29-,32+,34-,35-,36-;/m0./s1. The SMILES string of the molecule is CCCCCOC(=O)C1C[C@@]2(C)[C@@H](CC[C@]2(O)C(=O)CN2CCN(c3ccccn3)CC2)[C@@H]2CCC3=CC(=O)CC[C@]3(C)[C@@H]12.Cl. The molecule has 0 radical (unpaired) electrons. The van der Waals surface area contributed by atoms with Gasteiger partial charge in [0, 0.05) is 44.2 Å². The van der Waals surface area contributed by atoms with Crippen molar-refractivity contribution < 1.29 is 24.2 Å². The third-order valence-corrected chi connectivity index (χ3v) is 12.5. The number of nitrogens with zero attached hydrogens (tertiary/aromatic N) is 3. The van der Waals surface area contributed by atoms with Crippen LogP contribution in [0.1, 0.15) is 85.0 Å². The molecule has 4 fully saturated rings. The summed E-state index contributed by atoms with van der Waals surface area (Å²) in [6.45, 7) is 10.2. The normalized spacial score (nSPS) is 36.2. The number of allylic oxidation sites excluding steroid dienone is 1. The summed E-state index contributed by atoms with van der Waals surface area (Å²) >= 11 is 0. The summed E-state index contributed by atoms with van der Waals surface area (Å²) in [4.78, 5) is 49.5. The van der Waals surface area contributed by atoms with Gasteiger partial charge in [-0.05, 0) is 86.3 Å². The molecule has 45 heavy (non-hydrogen) atoms. The van der Waals surface area contributed by atoms with Gasteiger partial charge in [-0.3, -0.25) is 19.3 Å². The average Bonchev–Trinajstić information content (AvgIpc) is 3.31. The Morgan fingerprint density at radius 2 is 1.84 bits per heavy atom. The molecule has 1 aliphatic heterocycles. The topological polar surface area (TPSA) is 100 Å². The van der Waals surface area contributed by atoms with E-state index in [2.05, 4.69) is 35.6 Å². The van der Waals surface area contributed by atoms with Crippen molar-refractivity contribution in [3.05, 3.63) is 36.0 Å². The number of piperazine rings is 1. The number of unbranched alkanes of at least 4 members (excludes halogenated alkanes) is 2. The number of Topliss-reactive ketones (excluding diaryl/α,β-unsaturated/α-hetero) is 1. The zero-order valence-corrected chi connectivity index (χ0v) is 28.2. The quantitative estimate of drug-likeness (QED) is 0.282. The number of hydrogen-bond acceptors (Lipinski definition) is 8. The first-order chi connectivity index (χ1) is 21.1. The fraction of sp³-hybridized carbons (Fsp3) is 0.722. The van der Waals surface area contributed by atoms with E-state index < -0.39 is 16.9 Å². The van der Waals surface area contributed by atoms with E-state index in [1.807, 2.05) is 24.3 Å². The third kappa shape index (κ3) is 6.00. The van der Waals surface area contributed by atoms with E-state index in [4.69, 9.17) is 4.74 Å². The molecule has 0 aromatic carbocycles. The number of aromatic nitrogens is 1. The Morgan fingerprint density at radius 1 is 1.07 bits per heavy atom. The van der Waals surface area contributed by atoms with Crippen molar-refractivity contribution in [2.75, 3.05) is 44.2 Å². The molecule has 7 atom stereocenters. The zero-order valence-electron chi connectivity index (χ0n) is 27.3. The second-order valence-electron chi connectivity index (χ2n) is 14.8. The maximum Gasteiger partial charge on any atom is 0.309 e. The van der Waals surface area contributed by atoms with Crippen LogP contribution in [0.25, 0.3) is 0 Å². The van der Waals surface area contributed by atoms with Crippen LogP contribution in [0.4, 0.5) is 5.82 Å². The minimum atomic E-state index is -1.47. The highest BCUT2D eigenvalue weighted by molar-refractivity contribution is 5.92. The summed E-state index contributed by atoms with van der Waals surface area (Å²) in [7, 11) is 0. The predicted molar refractivity (Wildman–Crippen MR) is 176 cm³/mol. The number of ether oxygens (including phenoxy) is 1. The van der Waals surface area contributed by atoms with Crippen molar-refractivity contribution in [1.29, 1.82) is 0 Å². The van der Waals surface area contributed by atoms with E-state index in [9.17, 15) is 19.5 Å². The lowest BCUT2D eigenvalue weighted by Gasteiger charge is -2.61. The molecule has 1 aromatic heterocycles. The van der Waals surface area contributed by atoms with Gasteiger partial charge in [-0.25, -0.2) is 4.98 Å². The predicted octanol–water partition coefficient (Wildman–Crippen LogP) is 5.42. The van der Waals surface area contributed by atoms with E-state index in [1.165, 1.54) is 5.57 Å². The van der Waals surface area contributed by atoms with E-state index in [1.54, 1.807) is 6.20 Å². The van der Waals surface area contributed by atoms with Crippen molar-refractivity contribution in [2.24, 2.45) is 34.5 Å². The number of aliphatic hydroxyl groups is 1. The van der Waals surface area contributed by atoms with Crippen LogP contribution in [0.15, 0.2) is 36.0 Å². The Morgan fingerprint density at radius 3 is 2.56 bits per heavy atom. The lowest BCUT2D eigenvalue weighted by atomic mass is 9.43. The summed E-state index contributed by atoms with van der Waals surface area (Å²) in [5.74, 6) is 0.888. The van der Waals surface area contributed by atoms with Crippen molar-refractivity contribution in [1.82, 2.24) is 9.88 Å². The van der Waals surface area contributed by atoms with Crippen LogP contribution in [0.3, 0.4) is 0 Å². The molecule has 5 aliphatic rings. The Kier molecular flexibility index (Phi) is 10.2. The molecule has 0 amide bonds. The fourth-order valence-corrected chi connectivity index (χ4v) is 10.1. The van der Waals surface area contributed by atoms with Gasteiger partial charge in [0.25, 0.3) is 0 Å². The first-order valence-corrected chi connectivity index (χ1v) is 17.2. The molecule has 1 saturated heterocycles. The van der Waals surface area contributed by atoms with E-state index in [0.29, 0.717) is 25.9 Å². The number of pyridine rings is 1. The molecule has 2 heterocycles. The lowest BCUT2D eigenvalue weighted by Crippen LogP contribution is -2.62. The molecule has 248 valence electrons. The van der Waals surface area contributed by atoms with Gasteiger partial charge < -0.3 is 14.7 Å². The minimum absolute atomic E-state index is 0. The molecule has 8 nitrogen and oxygen atoms in total. The van der Waals surface area contributed by atoms with Gasteiger partial charge >= 0.3 is 5.97 Å². The van der Waals surface area contributed by atoms with Crippen molar-refractivity contribution in [3.63, 3.8) is 0 Å². The molecule has 6 rings (SSSR count). The zero-order chi connectivity index (χ0) is 31.1. The minimum Gasteiger partial charge on any atom is -0.465 e. The van der Waals surface area contributed by atoms with Gasteiger partial charge in [-0.1, -0.05) is 45.3 Å². The molecule has 3 saturated carbocycles. The highest BCUT2D eigenvalue weighted by atomic mass is 35.5. The second kappa shape index (κ2) is 13.4. The number of carbonyl (C=O) groups excluding carboxylic acids is 3. The number of ketones is 2. The molecule has 1 aromatic rings. The summed E-state index contributed by atoms with van der Waals surface area (Å²) in [6.07, 6.45) is 11.3. The number of hydrogen-bond donors (Lipinski definition) is 1. The molecule has 9 heteroatoms. The largest absolute Gasteiger partial charge is 0.465 e. The first kappa shape index (κ1) is 34.1. The van der Waals surface area contributed by atoms with Gasteiger partial charge in [0.1, 0.15) is 11.4 Å². The Hall–Kier alpha value is -2.29. The van der Waals surface area contributed by atoms with Crippen molar-refractivity contribution in [2.45, 2.75) is 90.6 Å². The van der Waals surface area contributed by atoms with Gasteiger partial charge in [0.05, 0.1) is 19.1 Å². The van der Waals surface area contributed by atoms with Crippen LogP contribution in [0.5, 0.6) is 0 Å². The van der Waals surface area contributed by atoms with Crippen molar-refractivity contribution in [3.8, 4) is 0 Å². The van der Waals surface area contributed by atoms with Crippen LogP contribution in [0, 0.1) is 34.5 Å². The van der Waals surface area contributed by atoms with E-state index in [0.717, 1.165) is 76.9 Å². The number of fused-ring (bicyclic) bond motifs is 5. The van der Waals surface area contributed by atoms with E-state index in [-0.39, 0.29) is 59.7 Å². The Labute approximate surface area is 274 Å². The van der Waals surface area contributed by atoms with Crippen LogP contribution < -0.4 is 4.90 Å². The molecular weight excluding hydrogens is 590 g/mol. The number of esters is 1. The maximum atomic E-state index is 14.2. The molecule has 0 bridgehead atoms. The van der Waals surface area contributed by atoms with Gasteiger partial charge in [0.15, 0.2) is 11.6 Å². The van der Waals surface area contributed by atoms with Gasteiger partial charge in [-0.2, -0.15) is 0 Å². The molecule has 4 aliphatic carbocycles. The second-order valence-corrected chi connectivity index (χ2v) is 14.8. The summed E-state index contributed by atoms with van der Waals surface area (Å²) in [5.41, 5.74) is -1.21. The number of anilines is 1. The molecule has 1 N–H and O–H groups in total. The fourth-order valence-electron chi connectivity index (χ4n) is 10.1. The lowest BCUT2D eigenvalue weighted by molar-refractivity contribution is -0.184. The van der Waals surface area contributed by atoms with Crippen LogP contribution >= 0.6 is 12.4 Å². The van der Waals surface area contributed by atoms with Crippen LogP contribution in [-0.4, -0.2) is 77.5 Å². The first-order valence-electron chi connectivity index (χ1n) is 17.2. The molecule has 0 spiro atoms. The van der Waals surface area contributed by atoms with Gasteiger partial charge in [0.2, 0.25) is 0 Å². The highest BCUT2D eigenvalue weighted by Gasteiger charge is 2.69. The number of halogens is 1. The highest BCUT2D eigenvalue weighted by Crippen LogP contribution is 2.69. The summed E-state index contributed by atoms with van der Waals surface area (Å²) in [5, 5.41) is 12.4. The number of carbonyl (C=O) groups is 3. The van der Waals surface area contributed by atoms with E-state index >= 15 is 0 Å². The number of rotatable bonds is 9.